The number of urea groups is 1. The maximum absolute atomic E-state index is 13.3. The predicted molar refractivity (Wildman–Crippen MR) is 117 cm³/mol. The van der Waals surface area contributed by atoms with Gasteiger partial charge in [0.1, 0.15) is 10.6 Å². The zero-order valence-corrected chi connectivity index (χ0v) is 19.0. The molecule has 8 nitrogen and oxygen atoms in total. The number of hydrogen-bond donors (Lipinski definition) is 0. The fraction of sp³-hybridized carbons (Fsp3) is 0.364. The average Bonchev–Trinajstić information content (AvgIpc) is 2.72. The number of benzene rings is 2. The highest BCUT2D eigenvalue weighted by atomic mass is 32.2. The molecule has 1 aliphatic rings. The van der Waals surface area contributed by atoms with Crippen molar-refractivity contribution in [2.45, 2.75) is 44.6 Å². The van der Waals surface area contributed by atoms with Gasteiger partial charge in [0, 0.05) is 13.1 Å². The molecule has 1 atom stereocenters. The first kappa shape index (κ1) is 22.6. The second-order valence-corrected chi connectivity index (χ2v) is 9.25. The lowest BCUT2D eigenvalue weighted by Crippen LogP contribution is -2.49. The summed E-state index contributed by atoms with van der Waals surface area (Å²) in [6, 6.07) is 10.4. The van der Waals surface area contributed by atoms with Crippen LogP contribution in [-0.4, -0.2) is 40.2 Å². The summed E-state index contributed by atoms with van der Waals surface area (Å²) < 4.78 is 37.8. The summed E-state index contributed by atoms with van der Waals surface area (Å²) in [6.07, 6.45) is -0.879. The minimum atomic E-state index is -4.13. The fourth-order valence-corrected chi connectivity index (χ4v) is 4.87. The van der Waals surface area contributed by atoms with Crippen LogP contribution in [0.5, 0.6) is 5.75 Å². The molecule has 0 bridgehead atoms. The number of carbonyl (C=O) groups excluding carboxylic acids is 2. The SMILES string of the molecule is CCOC(=O)[C@@H](C)Oc1ccc2c(c1)N(C)C(=O)N(c1ccc(C(C)C)cc1)S2(=O)=O. The predicted octanol–water partition coefficient (Wildman–Crippen LogP) is 3.91. The highest BCUT2D eigenvalue weighted by Crippen LogP contribution is 2.39. The van der Waals surface area contributed by atoms with E-state index in [-0.39, 0.29) is 34.5 Å². The lowest BCUT2D eigenvalue weighted by Gasteiger charge is -2.34. The number of anilines is 2. The van der Waals surface area contributed by atoms with E-state index >= 15 is 0 Å². The molecule has 166 valence electrons. The van der Waals surface area contributed by atoms with Crippen LogP contribution in [0.4, 0.5) is 16.2 Å². The van der Waals surface area contributed by atoms with Crippen LogP contribution in [0.15, 0.2) is 47.4 Å². The van der Waals surface area contributed by atoms with Crippen molar-refractivity contribution in [2.24, 2.45) is 0 Å². The molecule has 0 unspecified atom stereocenters. The number of rotatable bonds is 6. The first-order chi connectivity index (χ1) is 14.6. The van der Waals surface area contributed by atoms with Crippen LogP contribution >= 0.6 is 0 Å². The summed E-state index contributed by atoms with van der Waals surface area (Å²) in [6.45, 7) is 7.51. The quantitative estimate of drug-likeness (QED) is 0.625. The van der Waals surface area contributed by atoms with Gasteiger partial charge in [0.15, 0.2) is 6.10 Å². The van der Waals surface area contributed by atoms with Crippen molar-refractivity contribution >= 4 is 33.4 Å². The first-order valence-corrected chi connectivity index (χ1v) is 11.4. The molecule has 0 N–H and O–H groups in total. The van der Waals surface area contributed by atoms with Crippen molar-refractivity contribution in [2.75, 3.05) is 22.9 Å². The standard InChI is InChI=1S/C22H26N2O6S/c1-6-29-21(25)15(4)30-18-11-12-20-19(13-18)23(5)22(26)24(31(20,27)28)17-9-7-16(8-10-17)14(2)3/h7-15H,6H2,1-5H3/t15-/m1/s1. The molecule has 0 fully saturated rings. The largest absolute Gasteiger partial charge is 0.479 e. The van der Waals surface area contributed by atoms with Crippen molar-refractivity contribution < 1.29 is 27.5 Å². The molecule has 0 radical (unpaired) electrons. The van der Waals surface area contributed by atoms with E-state index in [2.05, 4.69) is 0 Å². The number of ether oxygens (including phenoxy) is 2. The minimum Gasteiger partial charge on any atom is -0.479 e. The summed E-state index contributed by atoms with van der Waals surface area (Å²) >= 11 is 0. The van der Waals surface area contributed by atoms with Crippen LogP contribution in [-0.2, 0) is 19.6 Å². The Bertz CT molecular complexity index is 1100. The molecule has 0 aromatic heterocycles. The Morgan fingerprint density at radius 2 is 1.71 bits per heavy atom. The maximum atomic E-state index is 13.3. The number of sulfonamides is 1. The van der Waals surface area contributed by atoms with Crippen molar-refractivity contribution in [1.29, 1.82) is 0 Å². The Hall–Kier alpha value is -3.07. The van der Waals surface area contributed by atoms with Crippen molar-refractivity contribution in [3.63, 3.8) is 0 Å². The van der Waals surface area contributed by atoms with E-state index in [1.54, 1.807) is 19.1 Å². The second kappa shape index (κ2) is 8.58. The average molecular weight is 447 g/mol. The van der Waals surface area contributed by atoms with Gasteiger partial charge in [-0.15, -0.1) is 0 Å². The van der Waals surface area contributed by atoms with E-state index in [4.69, 9.17) is 9.47 Å². The molecule has 1 aliphatic heterocycles. The Balaban J connectivity index is 1.97. The fourth-order valence-electron chi connectivity index (χ4n) is 3.25. The van der Waals surface area contributed by atoms with Gasteiger partial charge in [-0.05, 0) is 49.6 Å². The molecular formula is C22H26N2O6S. The van der Waals surface area contributed by atoms with Gasteiger partial charge in [-0.1, -0.05) is 26.0 Å². The van der Waals surface area contributed by atoms with E-state index in [0.717, 1.165) is 9.87 Å². The van der Waals surface area contributed by atoms with E-state index in [1.165, 1.54) is 37.1 Å². The molecule has 31 heavy (non-hydrogen) atoms. The third-order valence-corrected chi connectivity index (χ3v) is 6.75. The van der Waals surface area contributed by atoms with Gasteiger partial charge in [-0.2, -0.15) is 4.31 Å². The molecule has 2 amide bonds. The van der Waals surface area contributed by atoms with Crippen LogP contribution in [0.25, 0.3) is 0 Å². The van der Waals surface area contributed by atoms with Gasteiger partial charge in [-0.25, -0.2) is 18.0 Å². The topological polar surface area (TPSA) is 93.2 Å². The van der Waals surface area contributed by atoms with Gasteiger partial charge < -0.3 is 9.47 Å². The van der Waals surface area contributed by atoms with Crippen LogP contribution in [0.1, 0.15) is 39.2 Å². The Kier molecular flexibility index (Phi) is 6.26. The molecule has 1 heterocycles. The number of hydrogen-bond acceptors (Lipinski definition) is 6. The van der Waals surface area contributed by atoms with Crippen LogP contribution in [0.3, 0.4) is 0 Å². The van der Waals surface area contributed by atoms with Crippen LogP contribution in [0.2, 0.25) is 0 Å². The Morgan fingerprint density at radius 1 is 1.06 bits per heavy atom. The molecule has 9 heteroatoms. The van der Waals surface area contributed by atoms with Gasteiger partial charge in [0.2, 0.25) is 0 Å². The highest BCUT2D eigenvalue weighted by molar-refractivity contribution is 7.94. The number of carbonyl (C=O) groups is 2. The zero-order valence-electron chi connectivity index (χ0n) is 18.2. The third-order valence-electron chi connectivity index (χ3n) is 5.00. The van der Waals surface area contributed by atoms with E-state index in [0.29, 0.717) is 0 Å². The molecule has 0 spiro atoms. The minimum absolute atomic E-state index is 0.0290. The van der Waals surface area contributed by atoms with Gasteiger partial charge in [-0.3, -0.25) is 4.90 Å². The van der Waals surface area contributed by atoms with Crippen LogP contribution < -0.4 is 13.9 Å². The first-order valence-electron chi connectivity index (χ1n) is 9.98. The molecule has 0 saturated carbocycles. The molecule has 0 saturated heterocycles. The Morgan fingerprint density at radius 3 is 2.29 bits per heavy atom. The number of nitrogens with zero attached hydrogens (tertiary/aromatic N) is 2. The summed E-state index contributed by atoms with van der Waals surface area (Å²) in [7, 11) is -2.64. The van der Waals surface area contributed by atoms with E-state index in [9.17, 15) is 18.0 Å². The van der Waals surface area contributed by atoms with Gasteiger partial charge in [0.25, 0.3) is 10.0 Å². The smallest absolute Gasteiger partial charge is 0.347 e. The van der Waals surface area contributed by atoms with Crippen molar-refractivity contribution in [1.82, 2.24) is 0 Å². The lowest BCUT2D eigenvalue weighted by atomic mass is 10.0. The van der Waals surface area contributed by atoms with Gasteiger partial charge in [0.05, 0.1) is 18.0 Å². The van der Waals surface area contributed by atoms with Gasteiger partial charge >= 0.3 is 12.0 Å². The van der Waals surface area contributed by atoms with Crippen LogP contribution in [0, 0.1) is 0 Å². The van der Waals surface area contributed by atoms with E-state index < -0.39 is 28.1 Å². The summed E-state index contributed by atoms with van der Waals surface area (Å²) in [5.41, 5.74) is 1.48. The summed E-state index contributed by atoms with van der Waals surface area (Å²) in [5, 5.41) is 0. The summed E-state index contributed by atoms with van der Waals surface area (Å²) in [5.74, 6) is -0.00119. The highest BCUT2D eigenvalue weighted by Gasteiger charge is 2.41. The molecule has 3 rings (SSSR count). The molecular weight excluding hydrogens is 420 g/mol. The summed E-state index contributed by atoms with van der Waals surface area (Å²) in [4.78, 5) is 26.0. The third kappa shape index (κ3) is 4.23. The van der Waals surface area contributed by atoms with Crippen molar-refractivity contribution in [3.8, 4) is 5.75 Å². The maximum Gasteiger partial charge on any atom is 0.347 e. The molecule has 0 aliphatic carbocycles. The molecule has 2 aromatic rings. The van der Waals surface area contributed by atoms with Crippen molar-refractivity contribution in [3.05, 3.63) is 48.0 Å². The molecule has 2 aromatic carbocycles. The van der Waals surface area contributed by atoms with E-state index in [1.807, 2.05) is 26.0 Å². The second-order valence-electron chi connectivity index (χ2n) is 7.50. The number of amides is 2. The monoisotopic (exact) mass is 446 g/mol. The lowest BCUT2D eigenvalue weighted by molar-refractivity contribution is -0.150. The normalized spacial score (nSPS) is 16.1. The number of fused-ring (bicyclic) bond motifs is 1. The number of esters is 1. The Labute approximate surface area is 182 Å². The zero-order chi connectivity index (χ0) is 22.9.